The maximum Gasteiger partial charge on any atom is 0.355 e. The van der Waals surface area contributed by atoms with Gasteiger partial charge in [0, 0.05) is 16.3 Å². The minimum Gasteiger partial charge on any atom is -0.334 e. The number of hydrogen-bond donors (Lipinski definition) is 3. The summed E-state index contributed by atoms with van der Waals surface area (Å²) in [6.07, 6.45) is 1.15. The second-order valence-corrected chi connectivity index (χ2v) is 6.19. The van der Waals surface area contributed by atoms with Crippen LogP contribution in [0.25, 0.3) is 0 Å². The Balaban J connectivity index is 1.81. The Morgan fingerprint density at radius 3 is 2.50 bits per heavy atom. The van der Waals surface area contributed by atoms with E-state index in [1.54, 1.807) is 30.3 Å². The standard InChI is InChI=1S/C18H15ClN6O3/c1-11-5-7-14(8-6-11)22-16-15(25(27)28)17(21-10-20-16)23-24-18(26)12-3-2-4-13(19)9-12/h2-10H,1H3,(H,24,26)(H2,20,21,22,23). The number of amides is 1. The van der Waals surface area contributed by atoms with Crippen LogP contribution in [0.2, 0.25) is 5.02 Å². The summed E-state index contributed by atoms with van der Waals surface area (Å²) >= 11 is 5.86. The monoisotopic (exact) mass is 398 g/mol. The van der Waals surface area contributed by atoms with Crippen molar-refractivity contribution in [1.29, 1.82) is 0 Å². The van der Waals surface area contributed by atoms with Crippen LogP contribution in [0.4, 0.5) is 23.0 Å². The summed E-state index contributed by atoms with van der Waals surface area (Å²) in [4.78, 5) is 30.9. The molecule has 3 N–H and O–H groups in total. The number of benzene rings is 2. The number of rotatable bonds is 6. The van der Waals surface area contributed by atoms with E-state index in [2.05, 4.69) is 26.1 Å². The van der Waals surface area contributed by atoms with Crippen LogP contribution >= 0.6 is 11.6 Å². The predicted molar refractivity (Wildman–Crippen MR) is 106 cm³/mol. The topological polar surface area (TPSA) is 122 Å². The number of anilines is 3. The van der Waals surface area contributed by atoms with Gasteiger partial charge in [0.05, 0.1) is 4.92 Å². The molecule has 0 aliphatic rings. The molecule has 0 aliphatic heterocycles. The van der Waals surface area contributed by atoms with Crippen LogP contribution in [0.15, 0.2) is 54.9 Å². The Kier molecular flexibility index (Phi) is 5.66. The van der Waals surface area contributed by atoms with Gasteiger partial charge in [-0.25, -0.2) is 9.97 Å². The van der Waals surface area contributed by atoms with Crippen LogP contribution in [-0.4, -0.2) is 20.8 Å². The lowest BCUT2D eigenvalue weighted by molar-refractivity contribution is -0.383. The molecule has 0 unspecified atom stereocenters. The van der Waals surface area contributed by atoms with E-state index in [0.29, 0.717) is 10.7 Å². The molecule has 0 aliphatic carbocycles. The van der Waals surface area contributed by atoms with Gasteiger partial charge < -0.3 is 5.32 Å². The van der Waals surface area contributed by atoms with Gasteiger partial charge in [0.25, 0.3) is 5.91 Å². The Hall–Kier alpha value is -3.72. The zero-order valence-electron chi connectivity index (χ0n) is 14.6. The number of carbonyl (C=O) groups is 1. The summed E-state index contributed by atoms with van der Waals surface area (Å²) in [7, 11) is 0. The van der Waals surface area contributed by atoms with Crippen molar-refractivity contribution in [2.24, 2.45) is 0 Å². The number of aromatic nitrogens is 2. The Bertz CT molecular complexity index is 1030. The fourth-order valence-corrected chi connectivity index (χ4v) is 2.52. The van der Waals surface area contributed by atoms with Gasteiger partial charge in [0.1, 0.15) is 6.33 Å². The van der Waals surface area contributed by atoms with Gasteiger partial charge in [-0.15, -0.1) is 0 Å². The van der Waals surface area contributed by atoms with E-state index in [1.807, 2.05) is 19.1 Å². The predicted octanol–water partition coefficient (Wildman–Crippen LogP) is 3.85. The van der Waals surface area contributed by atoms with Crippen LogP contribution in [0.1, 0.15) is 15.9 Å². The van der Waals surface area contributed by atoms with Crippen molar-refractivity contribution in [1.82, 2.24) is 15.4 Å². The number of carbonyl (C=O) groups excluding carboxylic acids is 1. The Labute approximate surface area is 164 Å². The highest BCUT2D eigenvalue weighted by molar-refractivity contribution is 6.30. The van der Waals surface area contributed by atoms with Crippen molar-refractivity contribution >= 4 is 40.5 Å². The molecule has 9 nitrogen and oxygen atoms in total. The van der Waals surface area contributed by atoms with Crippen molar-refractivity contribution < 1.29 is 9.72 Å². The van der Waals surface area contributed by atoms with E-state index >= 15 is 0 Å². The van der Waals surface area contributed by atoms with E-state index in [9.17, 15) is 14.9 Å². The van der Waals surface area contributed by atoms with Crippen molar-refractivity contribution in [2.45, 2.75) is 6.92 Å². The summed E-state index contributed by atoms with van der Waals surface area (Å²) in [6.45, 7) is 1.93. The molecule has 3 rings (SSSR count). The molecule has 0 atom stereocenters. The van der Waals surface area contributed by atoms with Crippen LogP contribution in [0.5, 0.6) is 0 Å². The van der Waals surface area contributed by atoms with Gasteiger partial charge in [0.2, 0.25) is 11.6 Å². The van der Waals surface area contributed by atoms with Gasteiger partial charge in [0.15, 0.2) is 0 Å². The van der Waals surface area contributed by atoms with Crippen LogP contribution < -0.4 is 16.2 Å². The van der Waals surface area contributed by atoms with Crippen molar-refractivity contribution in [3.05, 3.63) is 81.1 Å². The lowest BCUT2D eigenvalue weighted by atomic mass is 10.2. The number of hydrogen-bond acceptors (Lipinski definition) is 7. The number of nitrogens with zero attached hydrogens (tertiary/aromatic N) is 3. The summed E-state index contributed by atoms with van der Waals surface area (Å²) in [5.74, 6) is -0.697. The fraction of sp³-hybridized carbons (Fsp3) is 0.0556. The summed E-state index contributed by atoms with van der Waals surface area (Å²) in [5.41, 5.74) is 6.39. The highest BCUT2D eigenvalue weighted by atomic mass is 35.5. The highest BCUT2D eigenvalue weighted by Gasteiger charge is 2.23. The first kappa shape index (κ1) is 19.1. The molecule has 0 radical (unpaired) electrons. The first-order valence-corrected chi connectivity index (χ1v) is 8.47. The normalized spacial score (nSPS) is 10.2. The van der Waals surface area contributed by atoms with Gasteiger partial charge in [-0.2, -0.15) is 0 Å². The maximum atomic E-state index is 12.2. The van der Waals surface area contributed by atoms with Crippen LogP contribution in [0, 0.1) is 17.0 Å². The van der Waals surface area contributed by atoms with E-state index in [0.717, 1.165) is 11.9 Å². The fourth-order valence-electron chi connectivity index (χ4n) is 2.33. The summed E-state index contributed by atoms with van der Waals surface area (Å²) < 4.78 is 0. The molecule has 0 spiro atoms. The molecule has 1 heterocycles. The van der Waals surface area contributed by atoms with Crippen molar-refractivity contribution in [3.63, 3.8) is 0 Å². The van der Waals surface area contributed by atoms with Gasteiger partial charge >= 0.3 is 5.69 Å². The molecule has 142 valence electrons. The van der Waals surface area contributed by atoms with Crippen LogP contribution in [0.3, 0.4) is 0 Å². The molecule has 3 aromatic rings. The summed E-state index contributed by atoms with van der Waals surface area (Å²) in [5, 5.41) is 14.8. The van der Waals surface area contributed by atoms with E-state index in [1.165, 1.54) is 6.07 Å². The zero-order valence-corrected chi connectivity index (χ0v) is 15.4. The molecule has 2 aromatic carbocycles. The largest absolute Gasteiger partial charge is 0.355 e. The third-order valence-electron chi connectivity index (χ3n) is 3.70. The molecule has 28 heavy (non-hydrogen) atoms. The quantitative estimate of drug-likeness (QED) is 0.425. The lowest BCUT2D eigenvalue weighted by Gasteiger charge is -2.11. The first-order chi connectivity index (χ1) is 13.4. The molecule has 10 heteroatoms. The third kappa shape index (κ3) is 4.51. The molecule has 0 saturated carbocycles. The first-order valence-electron chi connectivity index (χ1n) is 8.09. The maximum absolute atomic E-state index is 12.2. The number of halogens is 1. The number of hydrazine groups is 1. The third-order valence-corrected chi connectivity index (χ3v) is 3.94. The SMILES string of the molecule is Cc1ccc(Nc2ncnc(NNC(=O)c3cccc(Cl)c3)c2[N+](=O)[O-])cc1. The molecule has 1 aromatic heterocycles. The number of nitrogens with one attached hydrogen (secondary N) is 3. The Morgan fingerprint density at radius 2 is 1.82 bits per heavy atom. The second kappa shape index (κ2) is 8.31. The molecular weight excluding hydrogens is 384 g/mol. The minimum absolute atomic E-state index is 0.0108. The number of aryl methyl sites for hydroxylation is 1. The average molecular weight is 399 g/mol. The molecule has 0 bridgehead atoms. The highest BCUT2D eigenvalue weighted by Crippen LogP contribution is 2.30. The molecular formula is C18H15ClN6O3. The smallest absolute Gasteiger partial charge is 0.334 e. The van der Waals surface area contributed by atoms with E-state index in [4.69, 9.17) is 11.6 Å². The van der Waals surface area contributed by atoms with Crippen molar-refractivity contribution in [2.75, 3.05) is 10.7 Å². The lowest BCUT2D eigenvalue weighted by Crippen LogP contribution is -2.30. The second-order valence-electron chi connectivity index (χ2n) is 5.76. The Morgan fingerprint density at radius 1 is 1.11 bits per heavy atom. The average Bonchev–Trinajstić information content (AvgIpc) is 2.67. The van der Waals surface area contributed by atoms with E-state index in [-0.39, 0.29) is 17.2 Å². The summed E-state index contributed by atoms with van der Waals surface area (Å²) in [6, 6.07) is 13.5. The van der Waals surface area contributed by atoms with Gasteiger partial charge in [-0.3, -0.25) is 25.8 Å². The van der Waals surface area contributed by atoms with Crippen LogP contribution in [-0.2, 0) is 0 Å². The zero-order chi connectivity index (χ0) is 20.1. The van der Waals surface area contributed by atoms with Crippen molar-refractivity contribution in [3.8, 4) is 0 Å². The molecule has 0 saturated heterocycles. The minimum atomic E-state index is -0.635. The molecule has 0 fully saturated rings. The molecule has 1 amide bonds. The van der Waals surface area contributed by atoms with Gasteiger partial charge in [-0.1, -0.05) is 35.4 Å². The number of nitro groups is 1. The van der Waals surface area contributed by atoms with Gasteiger partial charge in [-0.05, 0) is 37.3 Å². The van der Waals surface area contributed by atoms with E-state index < -0.39 is 16.5 Å².